The van der Waals surface area contributed by atoms with Gasteiger partial charge in [0.15, 0.2) is 6.10 Å². The van der Waals surface area contributed by atoms with E-state index in [-0.39, 0.29) is 18.0 Å². The summed E-state index contributed by atoms with van der Waals surface area (Å²) in [5, 5.41) is 12.3. The SMILES string of the molecule is C[C@@H](OC(=O)c1ccccc1OCc1ccc(F)cc1)C(=O)NC1(C#N)CCCCC1. The number of para-hydroxylation sites is 1. The lowest BCUT2D eigenvalue weighted by molar-refractivity contribution is -0.130. The van der Waals surface area contributed by atoms with Crippen molar-refractivity contribution in [2.75, 3.05) is 0 Å². The van der Waals surface area contributed by atoms with Crippen molar-refractivity contribution in [3.05, 3.63) is 65.5 Å². The average molecular weight is 424 g/mol. The van der Waals surface area contributed by atoms with Crippen molar-refractivity contribution in [3.63, 3.8) is 0 Å². The summed E-state index contributed by atoms with van der Waals surface area (Å²) < 4.78 is 24.1. The molecule has 31 heavy (non-hydrogen) atoms. The highest BCUT2D eigenvalue weighted by Crippen LogP contribution is 2.28. The van der Waals surface area contributed by atoms with Crippen LogP contribution in [-0.2, 0) is 16.1 Å². The number of nitrogens with one attached hydrogen (secondary N) is 1. The minimum atomic E-state index is -1.06. The molecule has 0 bridgehead atoms. The van der Waals surface area contributed by atoms with E-state index in [1.807, 2.05) is 0 Å². The second kappa shape index (κ2) is 10.1. The van der Waals surface area contributed by atoms with Crippen molar-refractivity contribution >= 4 is 11.9 Å². The maximum atomic E-state index is 13.0. The minimum absolute atomic E-state index is 0.144. The molecule has 1 N–H and O–H groups in total. The standard InChI is InChI=1S/C24H25FN2O4/c1-17(22(28)27-24(16-26)13-5-2-6-14-24)31-23(29)20-7-3-4-8-21(20)30-15-18-9-11-19(25)12-10-18/h3-4,7-12,17H,2,5-6,13-15H2,1H3,(H,27,28)/t17-/m1/s1. The van der Waals surface area contributed by atoms with E-state index in [1.54, 1.807) is 36.4 Å². The van der Waals surface area contributed by atoms with Crippen LogP contribution in [0, 0.1) is 17.1 Å². The molecule has 2 aromatic rings. The number of halogens is 1. The Balaban J connectivity index is 1.62. The number of carbonyl (C=O) groups is 2. The highest BCUT2D eigenvalue weighted by molar-refractivity contribution is 5.94. The van der Waals surface area contributed by atoms with Crippen LogP contribution < -0.4 is 10.1 Å². The molecular formula is C24H25FN2O4. The van der Waals surface area contributed by atoms with Crippen LogP contribution in [0.5, 0.6) is 5.75 Å². The molecule has 2 aromatic carbocycles. The fraction of sp³-hybridized carbons (Fsp3) is 0.375. The molecule has 1 atom stereocenters. The van der Waals surface area contributed by atoms with Gasteiger partial charge in [-0.05, 0) is 49.6 Å². The third-order valence-electron chi connectivity index (χ3n) is 5.35. The van der Waals surface area contributed by atoms with E-state index in [1.165, 1.54) is 19.1 Å². The topological polar surface area (TPSA) is 88.4 Å². The van der Waals surface area contributed by atoms with Gasteiger partial charge in [0, 0.05) is 0 Å². The van der Waals surface area contributed by atoms with E-state index < -0.39 is 23.5 Å². The Morgan fingerprint density at radius 1 is 1.13 bits per heavy atom. The van der Waals surface area contributed by atoms with Gasteiger partial charge in [0.25, 0.3) is 5.91 Å². The van der Waals surface area contributed by atoms with E-state index in [4.69, 9.17) is 9.47 Å². The normalized spacial score (nSPS) is 15.9. The first kappa shape index (κ1) is 22.3. The minimum Gasteiger partial charge on any atom is -0.488 e. The summed E-state index contributed by atoms with van der Waals surface area (Å²) >= 11 is 0. The third kappa shape index (κ3) is 5.82. The van der Waals surface area contributed by atoms with Crippen molar-refractivity contribution in [1.82, 2.24) is 5.32 Å². The molecule has 7 heteroatoms. The summed E-state index contributed by atoms with van der Waals surface area (Å²) in [4.78, 5) is 25.2. The van der Waals surface area contributed by atoms with Crippen molar-refractivity contribution in [2.45, 2.75) is 57.3 Å². The van der Waals surface area contributed by atoms with Gasteiger partial charge >= 0.3 is 5.97 Å². The zero-order valence-electron chi connectivity index (χ0n) is 17.4. The van der Waals surface area contributed by atoms with Gasteiger partial charge in [-0.15, -0.1) is 0 Å². The summed E-state index contributed by atoms with van der Waals surface area (Å²) in [7, 11) is 0. The smallest absolute Gasteiger partial charge is 0.342 e. The highest BCUT2D eigenvalue weighted by atomic mass is 19.1. The summed E-state index contributed by atoms with van der Waals surface area (Å²) in [6, 6.07) is 14.6. The number of amides is 1. The quantitative estimate of drug-likeness (QED) is 0.670. The predicted molar refractivity (Wildman–Crippen MR) is 112 cm³/mol. The fourth-order valence-corrected chi connectivity index (χ4v) is 3.54. The Hall–Kier alpha value is -3.40. The Morgan fingerprint density at radius 2 is 1.81 bits per heavy atom. The maximum Gasteiger partial charge on any atom is 0.342 e. The van der Waals surface area contributed by atoms with Crippen LogP contribution in [0.2, 0.25) is 0 Å². The van der Waals surface area contributed by atoms with Crippen LogP contribution >= 0.6 is 0 Å². The molecule has 0 aromatic heterocycles. The number of hydrogen-bond acceptors (Lipinski definition) is 5. The van der Waals surface area contributed by atoms with E-state index in [0.717, 1.165) is 24.8 Å². The molecule has 1 fully saturated rings. The van der Waals surface area contributed by atoms with Gasteiger partial charge in [-0.25, -0.2) is 9.18 Å². The van der Waals surface area contributed by atoms with E-state index in [0.29, 0.717) is 18.6 Å². The molecule has 0 aliphatic heterocycles. The molecule has 3 rings (SSSR count). The van der Waals surface area contributed by atoms with Crippen molar-refractivity contribution in [3.8, 4) is 11.8 Å². The van der Waals surface area contributed by atoms with E-state index in [2.05, 4.69) is 11.4 Å². The molecular weight excluding hydrogens is 399 g/mol. The zero-order valence-corrected chi connectivity index (χ0v) is 17.4. The largest absolute Gasteiger partial charge is 0.488 e. The number of benzene rings is 2. The van der Waals surface area contributed by atoms with Crippen LogP contribution in [0.3, 0.4) is 0 Å². The summed E-state index contributed by atoms with van der Waals surface area (Å²) in [5.41, 5.74) is 0.0233. The van der Waals surface area contributed by atoms with Gasteiger partial charge in [0.1, 0.15) is 29.3 Å². The van der Waals surface area contributed by atoms with Crippen molar-refractivity contribution in [1.29, 1.82) is 5.26 Å². The fourth-order valence-electron chi connectivity index (χ4n) is 3.54. The predicted octanol–water partition coefficient (Wildman–Crippen LogP) is 4.29. The number of esters is 1. The molecule has 0 radical (unpaired) electrons. The maximum absolute atomic E-state index is 13.0. The van der Waals surface area contributed by atoms with Crippen molar-refractivity contribution in [2.24, 2.45) is 0 Å². The molecule has 6 nitrogen and oxygen atoms in total. The first-order valence-corrected chi connectivity index (χ1v) is 10.3. The molecule has 0 saturated heterocycles. The summed E-state index contributed by atoms with van der Waals surface area (Å²) in [6.45, 7) is 1.62. The van der Waals surface area contributed by atoms with E-state index >= 15 is 0 Å². The molecule has 1 saturated carbocycles. The van der Waals surface area contributed by atoms with Gasteiger partial charge in [-0.3, -0.25) is 4.79 Å². The summed E-state index contributed by atoms with van der Waals surface area (Å²) in [5.74, 6) is -1.25. The van der Waals surface area contributed by atoms with Crippen LogP contribution in [0.25, 0.3) is 0 Å². The molecule has 1 amide bonds. The van der Waals surface area contributed by atoms with Gasteiger partial charge in [-0.1, -0.05) is 43.5 Å². The molecule has 0 unspecified atom stereocenters. The van der Waals surface area contributed by atoms with Crippen LogP contribution in [0.15, 0.2) is 48.5 Å². The lowest BCUT2D eigenvalue weighted by Gasteiger charge is -2.32. The number of rotatable bonds is 7. The number of nitrogens with zero attached hydrogens (tertiary/aromatic N) is 1. The molecule has 162 valence electrons. The molecule has 1 aliphatic carbocycles. The number of hydrogen-bond donors (Lipinski definition) is 1. The van der Waals surface area contributed by atoms with Crippen LogP contribution in [0.4, 0.5) is 4.39 Å². The van der Waals surface area contributed by atoms with E-state index in [9.17, 15) is 19.2 Å². The average Bonchev–Trinajstić information content (AvgIpc) is 2.79. The summed E-state index contributed by atoms with van der Waals surface area (Å²) in [6.07, 6.45) is 2.91. The first-order valence-electron chi connectivity index (χ1n) is 10.3. The lowest BCUT2D eigenvalue weighted by Crippen LogP contribution is -2.52. The number of carbonyl (C=O) groups excluding carboxylic acids is 2. The number of ether oxygens (including phenoxy) is 2. The molecule has 0 spiro atoms. The van der Waals surface area contributed by atoms with Gasteiger partial charge < -0.3 is 14.8 Å². The lowest BCUT2D eigenvalue weighted by atomic mass is 9.83. The highest BCUT2D eigenvalue weighted by Gasteiger charge is 2.35. The first-order chi connectivity index (χ1) is 14.9. The molecule has 0 heterocycles. The van der Waals surface area contributed by atoms with Gasteiger partial charge in [-0.2, -0.15) is 5.26 Å². The zero-order chi connectivity index (χ0) is 22.3. The Morgan fingerprint density at radius 3 is 2.48 bits per heavy atom. The Labute approximate surface area is 181 Å². The second-order valence-corrected chi connectivity index (χ2v) is 7.70. The van der Waals surface area contributed by atoms with Crippen LogP contribution in [-0.4, -0.2) is 23.5 Å². The van der Waals surface area contributed by atoms with Gasteiger partial charge in [0.2, 0.25) is 0 Å². The second-order valence-electron chi connectivity index (χ2n) is 7.70. The Bertz CT molecular complexity index is 962. The third-order valence-corrected chi connectivity index (χ3v) is 5.35. The Kier molecular flexibility index (Phi) is 7.24. The van der Waals surface area contributed by atoms with Crippen LogP contribution in [0.1, 0.15) is 54.9 Å². The molecule has 1 aliphatic rings. The monoisotopic (exact) mass is 424 g/mol. The number of nitriles is 1. The van der Waals surface area contributed by atoms with Gasteiger partial charge in [0.05, 0.1) is 6.07 Å². The van der Waals surface area contributed by atoms with Crippen molar-refractivity contribution < 1.29 is 23.5 Å².